The molecule has 166 valence electrons. The van der Waals surface area contributed by atoms with Crippen LogP contribution in [0.3, 0.4) is 0 Å². The number of primary sulfonamides is 1. The minimum Gasteiger partial charge on any atom is -0.340 e. The first-order valence-electron chi connectivity index (χ1n) is 10.4. The predicted octanol–water partition coefficient (Wildman–Crippen LogP) is 1.99. The van der Waals surface area contributed by atoms with Crippen molar-refractivity contribution in [1.82, 2.24) is 29.7 Å². The van der Waals surface area contributed by atoms with Crippen LogP contribution in [0.4, 0.5) is 11.5 Å². The SMILES string of the molecule is Cn1cc(-c2cnn3c(Nc4cccc(S(N)(=O)=O)c4)cc(C4CCCNC4)nc23)cn1. The summed E-state index contributed by atoms with van der Waals surface area (Å²) < 4.78 is 27.0. The first-order valence-corrected chi connectivity index (χ1v) is 11.9. The number of fused-ring (bicyclic) bond motifs is 1. The van der Waals surface area contributed by atoms with Crippen molar-refractivity contribution in [2.75, 3.05) is 18.4 Å². The highest BCUT2D eigenvalue weighted by Gasteiger charge is 2.21. The van der Waals surface area contributed by atoms with E-state index in [1.807, 2.05) is 19.3 Å². The van der Waals surface area contributed by atoms with Gasteiger partial charge in [0, 0.05) is 48.6 Å². The molecule has 3 aromatic heterocycles. The van der Waals surface area contributed by atoms with E-state index in [0.717, 1.165) is 42.8 Å². The van der Waals surface area contributed by atoms with Crippen LogP contribution in [0.5, 0.6) is 0 Å². The Morgan fingerprint density at radius 2 is 2.09 bits per heavy atom. The number of aromatic nitrogens is 5. The Kier molecular flexibility index (Phi) is 5.16. The van der Waals surface area contributed by atoms with Crippen LogP contribution in [-0.4, -0.2) is 45.9 Å². The molecule has 4 heterocycles. The van der Waals surface area contributed by atoms with Crippen LogP contribution in [-0.2, 0) is 17.1 Å². The number of aryl methyl sites for hydroxylation is 1. The number of benzene rings is 1. The Morgan fingerprint density at radius 1 is 1.22 bits per heavy atom. The highest BCUT2D eigenvalue weighted by molar-refractivity contribution is 7.89. The van der Waals surface area contributed by atoms with E-state index < -0.39 is 10.0 Å². The lowest BCUT2D eigenvalue weighted by molar-refractivity contribution is 0.455. The van der Waals surface area contributed by atoms with E-state index in [9.17, 15) is 8.42 Å². The van der Waals surface area contributed by atoms with Gasteiger partial charge in [-0.1, -0.05) is 6.07 Å². The van der Waals surface area contributed by atoms with E-state index >= 15 is 0 Å². The molecular weight excluding hydrogens is 428 g/mol. The third kappa shape index (κ3) is 3.97. The maximum absolute atomic E-state index is 11.8. The summed E-state index contributed by atoms with van der Waals surface area (Å²) in [6.07, 6.45) is 7.62. The second-order valence-corrected chi connectivity index (χ2v) is 9.57. The molecule has 1 unspecified atom stereocenters. The second kappa shape index (κ2) is 8.01. The van der Waals surface area contributed by atoms with E-state index in [1.54, 1.807) is 33.7 Å². The van der Waals surface area contributed by atoms with E-state index in [1.165, 1.54) is 12.1 Å². The Labute approximate surface area is 185 Å². The summed E-state index contributed by atoms with van der Waals surface area (Å²) in [5.41, 5.74) is 4.07. The number of piperidine rings is 1. The van der Waals surface area contributed by atoms with Gasteiger partial charge >= 0.3 is 0 Å². The fraction of sp³-hybridized carbons (Fsp3) is 0.286. The molecule has 11 heteroatoms. The number of hydrogen-bond acceptors (Lipinski definition) is 7. The second-order valence-electron chi connectivity index (χ2n) is 8.00. The van der Waals surface area contributed by atoms with Gasteiger partial charge in [0.15, 0.2) is 5.65 Å². The standard InChI is InChI=1S/C21H24N8O2S/c1-28-13-15(11-24-28)18-12-25-29-20(26-16-5-2-6-17(8-16)32(22,30)31)9-19(27-21(18)29)14-4-3-7-23-10-14/h2,5-6,8-9,11-14,23,26H,3-4,7,10H2,1H3,(H2,22,30,31). The van der Waals surface area contributed by atoms with E-state index in [0.29, 0.717) is 17.2 Å². The average Bonchev–Trinajstić information content (AvgIpc) is 3.40. The van der Waals surface area contributed by atoms with Crippen molar-refractivity contribution in [3.8, 4) is 11.1 Å². The van der Waals surface area contributed by atoms with Gasteiger partial charge in [-0.3, -0.25) is 4.68 Å². The molecule has 1 aliphatic heterocycles. The zero-order valence-electron chi connectivity index (χ0n) is 17.6. The summed E-state index contributed by atoms with van der Waals surface area (Å²) >= 11 is 0. The molecule has 0 bridgehead atoms. The van der Waals surface area contributed by atoms with Crippen LogP contribution in [0.1, 0.15) is 24.5 Å². The van der Waals surface area contributed by atoms with Crippen molar-refractivity contribution in [3.05, 3.63) is 54.6 Å². The van der Waals surface area contributed by atoms with E-state index in [-0.39, 0.29) is 10.8 Å². The lowest BCUT2D eigenvalue weighted by atomic mass is 9.96. The molecule has 4 N–H and O–H groups in total. The smallest absolute Gasteiger partial charge is 0.238 e. The van der Waals surface area contributed by atoms with Crippen LogP contribution in [0.25, 0.3) is 16.8 Å². The van der Waals surface area contributed by atoms with Gasteiger partial charge in [0.05, 0.1) is 23.0 Å². The number of anilines is 2. The van der Waals surface area contributed by atoms with Crippen LogP contribution in [0.15, 0.2) is 53.8 Å². The number of nitrogens with one attached hydrogen (secondary N) is 2. The number of rotatable bonds is 5. The Balaban J connectivity index is 1.63. The Hall–Kier alpha value is -3.28. The Morgan fingerprint density at radius 3 is 2.81 bits per heavy atom. The molecule has 1 fully saturated rings. The molecule has 10 nitrogen and oxygen atoms in total. The number of sulfonamides is 1. The topological polar surface area (TPSA) is 132 Å². The molecule has 0 spiro atoms. The van der Waals surface area contributed by atoms with Gasteiger partial charge in [-0.15, -0.1) is 0 Å². The van der Waals surface area contributed by atoms with Gasteiger partial charge in [-0.25, -0.2) is 18.5 Å². The van der Waals surface area contributed by atoms with Crippen molar-refractivity contribution in [2.24, 2.45) is 12.2 Å². The average molecular weight is 453 g/mol. The van der Waals surface area contributed by atoms with Crippen molar-refractivity contribution in [3.63, 3.8) is 0 Å². The molecule has 1 saturated heterocycles. The monoisotopic (exact) mass is 452 g/mol. The molecule has 5 rings (SSSR count). The Bertz CT molecular complexity index is 1390. The van der Waals surface area contributed by atoms with E-state index in [4.69, 9.17) is 10.1 Å². The predicted molar refractivity (Wildman–Crippen MR) is 121 cm³/mol. The van der Waals surface area contributed by atoms with Crippen LogP contribution in [0.2, 0.25) is 0 Å². The molecule has 1 aromatic carbocycles. The fourth-order valence-corrected chi connectivity index (χ4v) is 4.61. The molecule has 1 aliphatic rings. The zero-order chi connectivity index (χ0) is 22.3. The summed E-state index contributed by atoms with van der Waals surface area (Å²) in [6, 6.07) is 8.39. The third-order valence-electron chi connectivity index (χ3n) is 5.66. The molecular formula is C21H24N8O2S. The normalized spacial score (nSPS) is 17.0. The quantitative estimate of drug-likeness (QED) is 0.422. The highest BCUT2D eigenvalue weighted by atomic mass is 32.2. The lowest BCUT2D eigenvalue weighted by Crippen LogP contribution is -2.29. The minimum atomic E-state index is -3.81. The lowest BCUT2D eigenvalue weighted by Gasteiger charge is -2.23. The summed E-state index contributed by atoms with van der Waals surface area (Å²) in [7, 11) is -1.94. The first-order chi connectivity index (χ1) is 15.4. The molecule has 4 aromatic rings. The summed E-state index contributed by atoms with van der Waals surface area (Å²) in [4.78, 5) is 5.01. The van der Waals surface area contributed by atoms with Crippen LogP contribution < -0.4 is 15.8 Å². The van der Waals surface area contributed by atoms with Crippen molar-refractivity contribution >= 4 is 27.2 Å². The van der Waals surface area contributed by atoms with Crippen LogP contribution >= 0.6 is 0 Å². The summed E-state index contributed by atoms with van der Waals surface area (Å²) in [5, 5.41) is 20.9. The largest absolute Gasteiger partial charge is 0.340 e. The van der Waals surface area contributed by atoms with Crippen molar-refractivity contribution in [2.45, 2.75) is 23.7 Å². The molecule has 0 radical (unpaired) electrons. The molecule has 1 atom stereocenters. The summed E-state index contributed by atoms with van der Waals surface area (Å²) in [6.45, 7) is 1.87. The number of nitrogens with zero attached hydrogens (tertiary/aromatic N) is 5. The van der Waals surface area contributed by atoms with Gasteiger partial charge < -0.3 is 10.6 Å². The molecule has 0 amide bonds. The minimum absolute atomic E-state index is 0.0426. The summed E-state index contributed by atoms with van der Waals surface area (Å²) in [5.74, 6) is 0.971. The third-order valence-corrected chi connectivity index (χ3v) is 6.57. The fourth-order valence-electron chi connectivity index (χ4n) is 4.05. The van der Waals surface area contributed by atoms with Gasteiger partial charge in [0.25, 0.3) is 0 Å². The maximum Gasteiger partial charge on any atom is 0.238 e. The number of nitrogens with two attached hydrogens (primary N) is 1. The van der Waals surface area contributed by atoms with E-state index in [2.05, 4.69) is 20.8 Å². The van der Waals surface area contributed by atoms with Gasteiger partial charge in [0.2, 0.25) is 10.0 Å². The van der Waals surface area contributed by atoms with Gasteiger partial charge in [-0.2, -0.15) is 14.7 Å². The molecule has 0 saturated carbocycles. The first kappa shape index (κ1) is 20.6. The maximum atomic E-state index is 11.8. The van der Waals surface area contributed by atoms with Crippen LogP contribution in [0, 0.1) is 0 Å². The number of hydrogen-bond donors (Lipinski definition) is 3. The van der Waals surface area contributed by atoms with Gasteiger partial charge in [0.1, 0.15) is 5.82 Å². The highest BCUT2D eigenvalue weighted by Crippen LogP contribution is 2.31. The van der Waals surface area contributed by atoms with Crippen molar-refractivity contribution in [1.29, 1.82) is 0 Å². The zero-order valence-corrected chi connectivity index (χ0v) is 18.4. The molecule has 32 heavy (non-hydrogen) atoms. The van der Waals surface area contributed by atoms with Gasteiger partial charge in [-0.05, 0) is 37.6 Å². The van der Waals surface area contributed by atoms with Crippen molar-refractivity contribution < 1.29 is 8.42 Å². The molecule has 0 aliphatic carbocycles.